The average Bonchev–Trinajstić information content (AvgIpc) is 2.53. The van der Waals surface area contributed by atoms with Gasteiger partial charge in [0.1, 0.15) is 0 Å². The van der Waals surface area contributed by atoms with Crippen molar-refractivity contribution < 1.29 is 14.3 Å². The van der Waals surface area contributed by atoms with Crippen LogP contribution in [0, 0.1) is 6.92 Å². The molecule has 0 radical (unpaired) electrons. The molecule has 1 N–H and O–H groups in total. The third-order valence-corrected chi connectivity index (χ3v) is 3.77. The molecular formula is C10H5BrCl2O3. The van der Waals surface area contributed by atoms with E-state index in [0.717, 1.165) is 0 Å². The van der Waals surface area contributed by atoms with E-state index in [1.807, 2.05) is 0 Å². The molecule has 0 saturated carbocycles. The average molecular weight is 324 g/mol. The van der Waals surface area contributed by atoms with E-state index in [4.69, 9.17) is 32.7 Å². The lowest BCUT2D eigenvalue weighted by molar-refractivity contribution is 0.0664. The molecule has 1 aromatic carbocycles. The summed E-state index contributed by atoms with van der Waals surface area (Å²) in [7, 11) is 0. The molecule has 6 heteroatoms. The molecule has 0 aliphatic heterocycles. The molecule has 2 rings (SSSR count). The summed E-state index contributed by atoms with van der Waals surface area (Å²) in [4.78, 5) is 10.9. The van der Waals surface area contributed by atoms with Gasteiger partial charge in [-0.25, -0.2) is 4.79 Å². The van der Waals surface area contributed by atoms with Crippen LogP contribution >= 0.6 is 39.1 Å². The van der Waals surface area contributed by atoms with Gasteiger partial charge in [-0.15, -0.1) is 0 Å². The van der Waals surface area contributed by atoms with Crippen molar-refractivity contribution in [2.45, 2.75) is 6.92 Å². The number of halogens is 3. The number of carboxylic acids is 1. The number of carbonyl (C=O) groups is 1. The molecule has 16 heavy (non-hydrogen) atoms. The Balaban J connectivity index is 2.97. The van der Waals surface area contributed by atoms with Gasteiger partial charge >= 0.3 is 5.97 Å². The monoisotopic (exact) mass is 322 g/mol. The Morgan fingerprint density at radius 2 is 2.12 bits per heavy atom. The van der Waals surface area contributed by atoms with Gasteiger partial charge in [0.15, 0.2) is 5.58 Å². The second-order valence-electron chi connectivity index (χ2n) is 3.22. The van der Waals surface area contributed by atoms with Gasteiger partial charge in [-0.3, -0.25) is 0 Å². The molecule has 0 spiro atoms. The molecule has 0 fully saturated rings. The number of benzene rings is 1. The van der Waals surface area contributed by atoms with Gasteiger partial charge in [-0.2, -0.15) is 0 Å². The highest BCUT2D eigenvalue weighted by Gasteiger charge is 2.21. The van der Waals surface area contributed by atoms with E-state index < -0.39 is 5.97 Å². The third-order valence-electron chi connectivity index (χ3n) is 2.24. The minimum atomic E-state index is -1.14. The maximum absolute atomic E-state index is 10.9. The van der Waals surface area contributed by atoms with Crippen LogP contribution in [0.2, 0.25) is 10.0 Å². The largest absolute Gasteiger partial charge is 0.475 e. The van der Waals surface area contributed by atoms with Crippen LogP contribution in [-0.4, -0.2) is 11.1 Å². The standard InChI is InChI=1S/C10H5BrCl2O3/c1-3-6-7(13)4(11)2-5(12)9(6)16-8(3)10(14)15/h2H,1H3,(H,14,15). The highest BCUT2D eigenvalue weighted by Crippen LogP contribution is 2.40. The number of aryl methyl sites for hydroxylation is 1. The lowest BCUT2D eigenvalue weighted by atomic mass is 10.1. The minimum Gasteiger partial charge on any atom is -0.475 e. The molecule has 0 aliphatic rings. The first-order valence-electron chi connectivity index (χ1n) is 4.23. The zero-order chi connectivity index (χ0) is 12.0. The van der Waals surface area contributed by atoms with E-state index in [-0.39, 0.29) is 5.76 Å². The van der Waals surface area contributed by atoms with Crippen molar-refractivity contribution in [3.8, 4) is 0 Å². The normalized spacial score (nSPS) is 11.0. The van der Waals surface area contributed by atoms with Crippen molar-refractivity contribution in [3.05, 3.63) is 31.9 Å². The van der Waals surface area contributed by atoms with Crippen LogP contribution in [0.15, 0.2) is 15.0 Å². The van der Waals surface area contributed by atoms with Crippen molar-refractivity contribution >= 4 is 56.1 Å². The second kappa shape index (κ2) is 3.95. The van der Waals surface area contributed by atoms with Gasteiger partial charge in [0.25, 0.3) is 0 Å². The van der Waals surface area contributed by atoms with E-state index in [1.165, 1.54) is 0 Å². The molecule has 84 valence electrons. The summed E-state index contributed by atoms with van der Waals surface area (Å²) in [6.45, 7) is 1.63. The van der Waals surface area contributed by atoms with Gasteiger partial charge in [0.2, 0.25) is 5.76 Å². The molecule has 0 unspecified atom stereocenters. The van der Waals surface area contributed by atoms with Crippen LogP contribution in [0.1, 0.15) is 16.1 Å². The van der Waals surface area contributed by atoms with Crippen molar-refractivity contribution in [1.29, 1.82) is 0 Å². The van der Waals surface area contributed by atoms with Gasteiger partial charge in [0.05, 0.1) is 10.0 Å². The number of fused-ring (bicyclic) bond motifs is 1. The Labute approximate surface area is 109 Å². The summed E-state index contributed by atoms with van der Waals surface area (Å²) in [5.41, 5.74) is 0.764. The lowest BCUT2D eigenvalue weighted by Gasteiger charge is -1.99. The molecule has 0 bridgehead atoms. The van der Waals surface area contributed by atoms with E-state index in [2.05, 4.69) is 15.9 Å². The first-order valence-corrected chi connectivity index (χ1v) is 5.78. The Hall–Kier alpha value is -0.710. The molecule has 1 aromatic heterocycles. The van der Waals surface area contributed by atoms with Crippen LogP contribution in [0.3, 0.4) is 0 Å². The number of carboxylic acid groups (broad SMARTS) is 1. The van der Waals surface area contributed by atoms with Crippen molar-refractivity contribution in [2.75, 3.05) is 0 Å². The van der Waals surface area contributed by atoms with Crippen LogP contribution in [0.5, 0.6) is 0 Å². The highest BCUT2D eigenvalue weighted by molar-refractivity contribution is 9.10. The highest BCUT2D eigenvalue weighted by atomic mass is 79.9. The van der Waals surface area contributed by atoms with E-state index in [0.29, 0.717) is 31.1 Å². The molecule has 0 aliphatic carbocycles. The zero-order valence-electron chi connectivity index (χ0n) is 7.97. The van der Waals surface area contributed by atoms with E-state index in [9.17, 15) is 4.79 Å². The molecule has 1 heterocycles. The fourth-order valence-corrected chi connectivity index (χ4v) is 2.59. The molecule has 0 atom stereocenters. The van der Waals surface area contributed by atoms with Crippen LogP contribution in [0.25, 0.3) is 11.0 Å². The Morgan fingerprint density at radius 3 is 2.69 bits per heavy atom. The number of hydrogen-bond donors (Lipinski definition) is 1. The van der Waals surface area contributed by atoms with Crippen LogP contribution in [0.4, 0.5) is 0 Å². The topological polar surface area (TPSA) is 50.4 Å². The molecule has 0 saturated heterocycles. The smallest absolute Gasteiger partial charge is 0.372 e. The summed E-state index contributed by atoms with van der Waals surface area (Å²) in [5, 5.41) is 10.2. The summed E-state index contributed by atoms with van der Waals surface area (Å²) >= 11 is 15.3. The zero-order valence-corrected chi connectivity index (χ0v) is 11.1. The fraction of sp³-hybridized carbons (Fsp3) is 0.100. The maximum Gasteiger partial charge on any atom is 0.372 e. The first kappa shape index (κ1) is 11.8. The summed E-state index contributed by atoms with van der Waals surface area (Å²) in [6.07, 6.45) is 0. The second-order valence-corrected chi connectivity index (χ2v) is 4.86. The van der Waals surface area contributed by atoms with Crippen LogP contribution in [-0.2, 0) is 0 Å². The number of hydrogen-bond acceptors (Lipinski definition) is 2. The Kier molecular flexibility index (Phi) is 2.90. The SMILES string of the molecule is Cc1c(C(=O)O)oc2c(Cl)cc(Br)c(Cl)c12. The first-order chi connectivity index (χ1) is 7.43. The minimum absolute atomic E-state index is 0.142. The lowest BCUT2D eigenvalue weighted by Crippen LogP contribution is -1.95. The summed E-state index contributed by atoms with van der Waals surface area (Å²) in [5.74, 6) is -1.28. The fourth-order valence-electron chi connectivity index (χ4n) is 1.51. The van der Waals surface area contributed by atoms with Gasteiger partial charge < -0.3 is 9.52 Å². The molecule has 0 amide bonds. The number of rotatable bonds is 1. The van der Waals surface area contributed by atoms with Gasteiger partial charge in [-0.1, -0.05) is 23.2 Å². The van der Waals surface area contributed by atoms with Crippen molar-refractivity contribution in [1.82, 2.24) is 0 Å². The molecule has 3 nitrogen and oxygen atoms in total. The summed E-state index contributed by atoms with van der Waals surface area (Å²) in [6, 6.07) is 1.57. The third kappa shape index (κ3) is 1.61. The number of aromatic carboxylic acids is 1. The number of furan rings is 1. The quantitative estimate of drug-likeness (QED) is 0.785. The van der Waals surface area contributed by atoms with Crippen molar-refractivity contribution in [3.63, 3.8) is 0 Å². The van der Waals surface area contributed by atoms with Crippen molar-refractivity contribution in [2.24, 2.45) is 0 Å². The molecule has 2 aromatic rings. The maximum atomic E-state index is 10.9. The Morgan fingerprint density at radius 1 is 1.50 bits per heavy atom. The summed E-state index contributed by atoms with van der Waals surface area (Å²) < 4.78 is 5.79. The van der Waals surface area contributed by atoms with E-state index >= 15 is 0 Å². The van der Waals surface area contributed by atoms with Gasteiger partial charge in [0, 0.05) is 15.4 Å². The Bertz CT molecular complexity index is 604. The van der Waals surface area contributed by atoms with Gasteiger partial charge in [-0.05, 0) is 28.9 Å². The molecular weight excluding hydrogens is 319 g/mol. The van der Waals surface area contributed by atoms with Crippen LogP contribution < -0.4 is 0 Å². The predicted octanol–water partition coefficient (Wildman–Crippen LogP) is 4.51. The predicted molar refractivity (Wildman–Crippen MR) is 65.6 cm³/mol. The van der Waals surface area contributed by atoms with E-state index in [1.54, 1.807) is 13.0 Å².